The Morgan fingerprint density at radius 1 is 1.16 bits per heavy atom. The number of anilines is 3. The van der Waals surface area contributed by atoms with Crippen LogP contribution in [0.4, 0.5) is 17.1 Å². The zero-order valence-electron chi connectivity index (χ0n) is 14.4. The van der Waals surface area contributed by atoms with Crippen molar-refractivity contribution in [1.29, 1.82) is 0 Å². The molecule has 0 spiro atoms. The number of nitrogens with one attached hydrogen (secondary N) is 2. The maximum absolute atomic E-state index is 12.6. The average molecular weight is 338 g/mol. The minimum absolute atomic E-state index is 0.153. The molecule has 1 aliphatic rings. The van der Waals surface area contributed by atoms with Gasteiger partial charge in [0.2, 0.25) is 5.91 Å². The van der Waals surface area contributed by atoms with Crippen molar-refractivity contribution in [3.05, 3.63) is 54.1 Å². The van der Waals surface area contributed by atoms with Crippen molar-refractivity contribution in [1.82, 2.24) is 0 Å². The minimum Gasteiger partial charge on any atom is -0.377 e. The number of nitrogens with zero attached hydrogens (tertiary/aromatic N) is 1. The van der Waals surface area contributed by atoms with Crippen LogP contribution in [0.3, 0.4) is 0 Å². The summed E-state index contributed by atoms with van der Waals surface area (Å²) < 4.78 is 0. The van der Waals surface area contributed by atoms with Crippen molar-refractivity contribution in [2.45, 2.75) is 19.4 Å². The second kappa shape index (κ2) is 6.47. The fourth-order valence-electron chi connectivity index (χ4n) is 3.13. The Kier molecular flexibility index (Phi) is 4.35. The maximum atomic E-state index is 12.6. The lowest BCUT2D eigenvalue weighted by atomic mass is 9.99. The lowest BCUT2D eigenvalue weighted by Crippen LogP contribution is -2.50. The largest absolute Gasteiger partial charge is 0.377 e. The molecule has 0 radical (unpaired) electrons. The zero-order valence-corrected chi connectivity index (χ0v) is 14.4. The molecular formula is C19H22N4O2. The molecule has 25 heavy (non-hydrogen) atoms. The first-order chi connectivity index (χ1) is 11.9. The van der Waals surface area contributed by atoms with Crippen LogP contribution in [0, 0.1) is 0 Å². The molecule has 1 heterocycles. The average Bonchev–Trinajstić information content (AvgIpc) is 2.54. The van der Waals surface area contributed by atoms with Gasteiger partial charge in [0.05, 0.1) is 29.2 Å². The molecule has 2 aromatic rings. The first-order valence-corrected chi connectivity index (χ1v) is 8.16. The Morgan fingerprint density at radius 2 is 1.84 bits per heavy atom. The van der Waals surface area contributed by atoms with Crippen LogP contribution in [0.15, 0.2) is 48.5 Å². The van der Waals surface area contributed by atoms with Gasteiger partial charge in [-0.1, -0.05) is 24.3 Å². The summed E-state index contributed by atoms with van der Waals surface area (Å²) in [5.74, 6) is -0.759. The lowest BCUT2D eigenvalue weighted by Gasteiger charge is -2.41. The molecule has 6 nitrogen and oxygen atoms in total. The van der Waals surface area contributed by atoms with Gasteiger partial charge >= 0.3 is 0 Å². The van der Waals surface area contributed by atoms with Gasteiger partial charge in [-0.3, -0.25) is 9.59 Å². The van der Waals surface area contributed by atoms with E-state index in [-0.39, 0.29) is 18.0 Å². The van der Waals surface area contributed by atoms with Crippen molar-refractivity contribution >= 4 is 28.9 Å². The minimum atomic E-state index is -0.565. The van der Waals surface area contributed by atoms with Gasteiger partial charge in [-0.15, -0.1) is 0 Å². The molecule has 0 atom stereocenters. The topological polar surface area (TPSA) is 87.5 Å². The standard InChI is InChI=1S/C19H22N4O2/c1-19(2)12-23(16-10-6-5-9-15(16)22-19)11-17(24)21-14-8-4-3-7-13(14)18(20)25/h3-10,22H,11-12H2,1-2H3,(H2,20,25)(H,21,24). The first kappa shape index (κ1) is 16.8. The number of amides is 2. The molecule has 0 aliphatic carbocycles. The van der Waals surface area contributed by atoms with Crippen LogP contribution >= 0.6 is 0 Å². The Hall–Kier alpha value is -3.02. The van der Waals surface area contributed by atoms with E-state index in [4.69, 9.17) is 5.73 Å². The highest BCUT2D eigenvalue weighted by Crippen LogP contribution is 2.33. The van der Waals surface area contributed by atoms with Crippen LogP contribution in [0.1, 0.15) is 24.2 Å². The van der Waals surface area contributed by atoms with Crippen molar-refractivity contribution in [3.8, 4) is 0 Å². The summed E-state index contributed by atoms with van der Waals surface area (Å²) in [6.07, 6.45) is 0. The van der Waals surface area contributed by atoms with Crippen molar-refractivity contribution in [3.63, 3.8) is 0 Å². The Balaban J connectivity index is 1.79. The monoisotopic (exact) mass is 338 g/mol. The van der Waals surface area contributed by atoms with Crippen LogP contribution in [0.5, 0.6) is 0 Å². The van der Waals surface area contributed by atoms with Crippen LogP contribution in [0.25, 0.3) is 0 Å². The van der Waals surface area contributed by atoms with E-state index in [1.54, 1.807) is 24.3 Å². The molecule has 0 fully saturated rings. The van der Waals surface area contributed by atoms with E-state index in [1.807, 2.05) is 29.2 Å². The van der Waals surface area contributed by atoms with Gasteiger partial charge in [-0.2, -0.15) is 0 Å². The molecule has 3 rings (SSSR count). The molecule has 0 saturated heterocycles. The highest BCUT2D eigenvalue weighted by molar-refractivity contribution is 6.04. The van der Waals surface area contributed by atoms with Gasteiger partial charge < -0.3 is 21.3 Å². The molecule has 0 saturated carbocycles. The summed E-state index contributed by atoms with van der Waals surface area (Å²) in [4.78, 5) is 26.1. The molecule has 4 N–H and O–H groups in total. The maximum Gasteiger partial charge on any atom is 0.250 e. The van der Waals surface area contributed by atoms with Crippen molar-refractivity contribution in [2.24, 2.45) is 5.73 Å². The van der Waals surface area contributed by atoms with Crippen molar-refractivity contribution < 1.29 is 9.59 Å². The molecule has 2 aromatic carbocycles. The normalized spacial score (nSPS) is 15.0. The molecule has 1 aliphatic heterocycles. The third kappa shape index (κ3) is 3.74. The molecular weight excluding hydrogens is 316 g/mol. The predicted octanol–water partition coefficient (Wildman–Crippen LogP) is 2.43. The van der Waals surface area contributed by atoms with Gasteiger partial charge in [-0.05, 0) is 38.1 Å². The second-order valence-electron chi connectivity index (χ2n) is 6.84. The molecule has 0 aromatic heterocycles. The fraction of sp³-hybridized carbons (Fsp3) is 0.263. The number of para-hydroxylation sites is 3. The van der Waals surface area contributed by atoms with E-state index in [0.717, 1.165) is 11.4 Å². The van der Waals surface area contributed by atoms with Gasteiger partial charge in [0.15, 0.2) is 0 Å². The number of primary amides is 1. The third-order valence-electron chi connectivity index (χ3n) is 4.11. The van der Waals surface area contributed by atoms with E-state index < -0.39 is 5.91 Å². The smallest absolute Gasteiger partial charge is 0.250 e. The lowest BCUT2D eigenvalue weighted by molar-refractivity contribution is -0.115. The van der Waals surface area contributed by atoms with Gasteiger partial charge in [-0.25, -0.2) is 0 Å². The summed E-state index contributed by atoms with van der Waals surface area (Å²) in [5.41, 5.74) is 7.94. The molecule has 0 bridgehead atoms. The van der Waals surface area contributed by atoms with Crippen LogP contribution < -0.4 is 21.3 Å². The number of carbonyl (C=O) groups is 2. The van der Waals surface area contributed by atoms with E-state index in [0.29, 0.717) is 17.8 Å². The summed E-state index contributed by atoms with van der Waals surface area (Å²) in [7, 11) is 0. The SMILES string of the molecule is CC1(C)CN(CC(=O)Nc2ccccc2C(N)=O)c2ccccc2N1. The quantitative estimate of drug-likeness (QED) is 0.799. The van der Waals surface area contributed by atoms with Gasteiger partial charge in [0.25, 0.3) is 5.91 Å². The van der Waals surface area contributed by atoms with Crippen LogP contribution in [0.2, 0.25) is 0 Å². The fourth-order valence-corrected chi connectivity index (χ4v) is 3.13. The zero-order chi connectivity index (χ0) is 18.0. The van der Waals surface area contributed by atoms with E-state index >= 15 is 0 Å². The summed E-state index contributed by atoms with van der Waals surface area (Å²) >= 11 is 0. The van der Waals surface area contributed by atoms with Crippen molar-refractivity contribution in [2.75, 3.05) is 28.6 Å². The van der Waals surface area contributed by atoms with Crippen LogP contribution in [-0.4, -0.2) is 30.4 Å². The Labute approximate surface area is 147 Å². The summed E-state index contributed by atoms with van der Waals surface area (Å²) in [5, 5.41) is 6.27. The number of nitrogens with two attached hydrogens (primary N) is 1. The molecule has 2 amide bonds. The molecule has 0 unspecified atom stereocenters. The second-order valence-corrected chi connectivity index (χ2v) is 6.84. The number of fused-ring (bicyclic) bond motifs is 1. The number of hydrogen-bond donors (Lipinski definition) is 3. The number of rotatable bonds is 4. The van der Waals surface area contributed by atoms with Gasteiger partial charge in [0.1, 0.15) is 0 Å². The summed E-state index contributed by atoms with van der Waals surface area (Å²) in [6, 6.07) is 14.7. The van der Waals surface area contributed by atoms with Crippen LogP contribution in [-0.2, 0) is 4.79 Å². The molecule has 130 valence electrons. The number of benzene rings is 2. The Bertz CT molecular complexity index is 817. The number of carbonyl (C=O) groups excluding carboxylic acids is 2. The van der Waals surface area contributed by atoms with E-state index in [9.17, 15) is 9.59 Å². The first-order valence-electron chi connectivity index (χ1n) is 8.16. The third-order valence-corrected chi connectivity index (χ3v) is 4.11. The predicted molar refractivity (Wildman–Crippen MR) is 99.9 cm³/mol. The molecule has 6 heteroatoms. The Morgan fingerprint density at radius 3 is 2.60 bits per heavy atom. The van der Waals surface area contributed by atoms with E-state index in [1.165, 1.54) is 0 Å². The highest BCUT2D eigenvalue weighted by atomic mass is 16.2. The summed E-state index contributed by atoms with van der Waals surface area (Å²) in [6.45, 7) is 5.07. The van der Waals surface area contributed by atoms with E-state index in [2.05, 4.69) is 24.5 Å². The highest BCUT2D eigenvalue weighted by Gasteiger charge is 2.30. The van der Waals surface area contributed by atoms with Gasteiger partial charge in [0, 0.05) is 12.1 Å². The number of hydrogen-bond acceptors (Lipinski definition) is 4.